The number of rotatable bonds is 9. The van der Waals surface area contributed by atoms with E-state index in [1.165, 1.54) is 11.8 Å². The molecule has 1 rings (SSSR count). The molecule has 0 aliphatic rings. The monoisotopic (exact) mass is 362 g/mol. The van der Waals surface area contributed by atoms with Crippen LogP contribution in [0.2, 0.25) is 0 Å². The van der Waals surface area contributed by atoms with Crippen LogP contribution in [0.25, 0.3) is 15.3 Å². The fraction of sp³-hybridized carbons (Fsp3) is 0.438. The van der Waals surface area contributed by atoms with Crippen molar-refractivity contribution in [2.45, 2.75) is 31.1 Å². The average molecular weight is 362 g/mol. The summed E-state index contributed by atoms with van der Waals surface area (Å²) >= 11 is 6.68. The Bertz CT molecular complexity index is 654. The maximum atomic E-state index is 11.7. The van der Waals surface area contributed by atoms with Crippen LogP contribution in [-0.2, 0) is 9.53 Å². The molecule has 0 fully saturated rings. The molecule has 1 unspecified atom stereocenters. The highest BCUT2D eigenvalue weighted by molar-refractivity contribution is 8.24. The van der Waals surface area contributed by atoms with E-state index in [0.29, 0.717) is 23.6 Å². The van der Waals surface area contributed by atoms with Crippen molar-refractivity contribution in [2.24, 2.45) is 5.11 Å². The quantitative estimate of drug-likeness (QED) is 0.121. The van der Waals surface area contributed by atoms with Gasteiger partial charge in [-0.3, -0.25) is 9.64 Å². The molecule has 6 nitrogen and oxygen atoms in total. The maximum absolute atomic E-state index is 11.7. The Balaban J connectivity index is 2.44. The van der Waals surface area contributed by atoms with Crippen molar-refractivity contribution in [3.8, 4) is 0 Å². The van der Waals surface area contributed by atoms with Crippen LogP contribution in [0.4, 0.5) is 0 Å². The summed E-state index contributed by atoms with van der Waals surface area (Å²) in [6.07, 6.45) is 0.983. The summed E-state index contributed by atoms with van der Waals surface area (Å²) in [7, 11) is 0. The van der Waals surface area contributed by atoms with Crippen molar-refractivity contribution in [3.05, 3.63) is 57.8 Å². The Hall–Kier alpha value is -2.07. The van der Waals surface area contributed by atoms with Crippen molar-refractivity contribution < 1.29 is 9.53 Å². The Morgan fingerprint density at radius 3 is 2.79 bits per heavy atom. The first-order valence-corrected chi connectivity index (χ1v) is 8.57. The number of esters is 1. The Kier molecular flexibility index (Phi) is 8.87. The van der Waals surface area contributed by atoms with Gasteiger partial charge < -0.3 is 4.74 Å². The lowest BCUT2D eigenvalue weighted by Gasteiger charge is -2.16. The highest BCUT2D eigenvalue weighted by Gasteiger charge is 2.34. The fourth-order valence-corrected chi connectivity index (χ4v) is 3.31. The lowest BCUT2D eigenvalue weighted by atomic mass is 10.2. The molecule has 0 bridgehead atoms. The summed E-state index contributed by atoms with van der Waals surface area (Å²) in [5.74, 6) is -0.364. The standard InChI is InChI=1S/C16H18N4O2S2/c1-16(18-2,24-15(23)13-7-4-3-5-8-13)10-9-14(21)22-12-6-11-19-20-17/h3-5,7-8H,6,9-12H2,1H3. The summed E-state index contributed by atoms with van der Waals surface area (Å²) in [4.78, 5) is 17.2. The van der Waals surface area contributed by atoms with Crippen LogP contribution in [0.3, 0.4) is 0 Å². The highest BCUT2D eigenvalue weighted by Crippen LogP contribution is 2.35. The molecule has 0 aliphatic heterocycles. The Morgan fingerprint density at radius 1 is 1.46 bits per heavy atom. The number of thioether (sulfide) groups is 1. The van der Waals surface area contributed by atoms with E-state index in [-0.39, 0.29) is 19.0 Å². The second-order valence-corrected chi connectivity index (χ2v) is 7.23. The Labute approximate surface area is 151 Å². The number of carbonyl (C=O) groups excluding carboxylic acids is 1. The van der Waals surface area contributed by atoms with Gasteiger partial charge in [0, 0.05) is 24.8 Å². The van der Waals surface area contributed by atoms with Gasteiger partial charge in [0.1, 0.15) is 0 Å². The smallest absolute Gasteiger partial charge is 0.306 e. The number of hydrogen-bond donors (Lipinski definition) is 0. The first kappa shape index (κ1) is 20.0. The summed E-state index contributed by atoms with van der Waals surface area (Å²) < 4.78 is 5.69. The topological polar surface area (TPSA) is 79.4 Å². The van der Waals surface area contributed by atoms with Crippen LogP contribution in [0.1, 0.15) is 31.7 Å². The minimum Gasteiger partial charge on any atom is -0.466 e. The Morgan fingerprint density at radius 2 is 2.17 bits per heavy atom. The van der Waals surface area contributed by atoms with Gasteiger partial charge in [-0.2, -0.15) is 0 Å². The number of thiocarbonyl (C=S) groups is 1. The van der Waals surface area contributed by atoms with Gasteiger partial charge in [0.15, 0.2) is 0 Å². The minimum atomic E-state index is -0.808. The van der Waals surface area contributed by atoms with Crippen LogP contribution in [0.15, 0.2) is 35.4 Å². The molecule has 1 aromatic carbocycles. The van der Waals surface area contributed by atoms with Crippen molar-refractivity contribution in [1.29, 1.82) is 0 Å². The van der Waals surface area contributed by atoms with Crippen molar-refractivity contribution in [2.75, 3.05) is 13.2 Å². The van der Waals surface area contributed by atoms with Crippen molar-refractivity contribution >= 4 is 34.1 Å². The number of hydrogen-bond acceptors (Lipinski definition) is 5. The van der Waals surface area contributed by atoms with Gasteiger partial charge in [0.25, 0.3) is 4.87 Å². The van der Waals surface area contributed by atoms with E-state index in [1.54, 1.807) is 6.92 Å². The van der Waals surface area contributed by atoms with E-state index in [2.05, 4.69) is 14.9 Å². The van der Waals surface area contributed by atoms with Crippen LogP contribution >= 0.6 is 24.0 Å². The van der Waals surface area contributed by atoms with Gasteiger partial charge in [-0.15, -0.1) is 0 Å². The van der Waals surface area contributed by atoms with Crippen LogP contribution in [0.5, 0.6) is 0 Å². The van der Waals surface area contributed by atoms with Gasteiger partial charge in [-0.25, -0.2) is 6.57 Å². The molecule has 0 amide bonds. The number of benzene rings is 1. The second kappa shape index (κ2) is 10.7. The summed E-state index contributed by atoms with van der Waals surface area (Å²) in [5, 5.41) is 3.36. The zero-order chi connectivity index (χ0) is 17.8. The minimum absolute atomic E-state index is 0.144. The maximum Gasteiger partial charge on any atom is 0.306 e. The first-order valence-electron chi connectivity index (χ1n) is 7.34. The number of ether oxygens (including phenoxy) is 1. The summed E-state index contributed by atoms with van der Waals surface area (Å²) in [5.41, 5.74) is 9.04. The van der Waals surface area contributed by atoms with Crippen molar-refractivity contribution in [3.63, 3.8) is 0 Å². The second-order valence-electron chi connectivity index (χ2n) is 5.07. The van der Waals surface area contributed by atoms with Gasteiger partial charge in [0.05, 0.1) is 17.2 Å². The molecule has 0 heterocycles. The van der Waals surface area contributed by atoms with E-state index in [1.807, 2.05) is 30.3 Å². The number of carbonyl (C=O) groups is 1. The zero-order valence-electron chi connectivity index (χ0n) is 13.3. The lowest BCUT2D eigenvalue weighted by molar-refractivity contribution is -0.143. The molecule has 0 aromatic heterocycles. The molecule has 0 saturated carbocycles. The summed E-state index contributed by atoms with van der Waals surface area (Å²) in [6.45, 7) is 9.70. The predicted octanol–water partition coefficient (Wildman–Crippen LogP) is 4.75. The molecule has 126 valence electrons. The van der Waals surface area contributed by atoms with Gasteiger partial charge in [-0.05, 0) is 29.3 Å². The SMILES string of the molecule is [C-]#[N+]C(C)(CCC(=O)OCCCN=[N+]=[N-])SC(=S)c1ccccc1. The molecule has 0 spiro atoms. The molecule has 0 N–H and O–H groups in total. The highest BCUT2D eigenvalue weighted by atomic mass is 32.2. The van der Waals surface area contributed by atoms with Crippen molar-refractivity contribution in [1.82, 2.24) is 0 Å². The molecule has 0 saturated heterocycles. The van der Waals surface area contributed by atoms with E-state index < -0.39 is 4.87 Å². The molecular formula is C16H18N4O2S2. The molecule has 1 aromatic rings. The third-order valence-electron chi connectivity index (χ3n) is 3.08. The van der Waals surface area contributed by atoms with Crippen LogP contribution in [-0.4, -0.2) is 28.2 Å². The number of azide groups is 1. The number of nitrogens with zero attached hydrogens (tertiary/aromatic N) is 4. The predicted molar refractivity (Wildman–Crippen MR) is 99.6 cm³/mol. The zero-order valence-corrected chi connectivity index (χ0v) is 15.0. The van der Waals surface area contributed by atoms with Gasteiger partial charge >= 0.3 is 5.97 Å². The largest absolute Gasteiger partial charge is 0.466 e. The van der Waals surface area contributed by atoms with E-state index in [9.17, 15) is 4.79 Å². The molecular weight excluding hydrogens is 344 g/mol. The van der Waals surface area contributed by atoms with Crippen LogP contribution in [0, 0.1) is 6.57 Å². The molecule has 0 radical (unpaired) electrons. The van der Waals surface area contributed by atoms with Gasteiger partial charge in [-0.1, -0.05) is 47.7 Å². The molecule has 8 heteroatoms. The molecule has 1 atom stereocenters. The molecule has 24 heavy (non-hydrogen) atoms. The lowest BCUT2D eigenvalue weighted by Crippen LogP contribution is -2.20. The van der Waals surface area contributed by atoms with E-state index in [4.69, 9.17) is 29.1 Å². The fourth-order valence-electron chi connectivity index (χ4n) is 1.73. The van der Waals surface area contributed by atoms with Crippen LogP contribution < -0.4 is 0 Å². The third-order valence-corrected chi connectivity index (χ3v) is 4.72. The van der Waals surface area contributed by atoms with Gasteiger partial charge in [0.2, 0.25) is 0 Å². The van der Waals surface area contributed by atoms with E-state index in [0.717, 1.165) is 5.56 Å². The molecule has 0 aliphatic carbocycles. The summed E-state index contributed by atoms with van der Waals surface area (Å²) in [6, 6.07) is 9.49. The van der Waals surface area contributed by atoms with E-state index >= 15 is 0 Å². The third kappa shape index (κ3) is 7.47. The average Bonchev–Trinajstić information content (AvgIpc) is 2.60. The normalized spacial score (nSPS) is 12.3. The first-order chi connectivity index (χ1) is 11.5.